The van der Waals surface area contributed by atoms with Crippen LogP contribution < -0.4 is 0 Å². The number of hydrogen-bond acceptors (Lipinski definition) is 2. The molecule has 1 unspecified atom stereocenters. The maximum absolute atomic E-state index is 5.95. The summed E-state index contributed by atoms with van der Waals surface area (Å²) in [6.07, 6.45) is 9.71. The lowest BCUT2D eigenvalue weighted by Crippen LogP contribution is -2.25. The van der Waals surface area contributed by atoms with Crippen molar-refractivity contribution in [2.45, 2.75) is 71.0 Å². The van der Waals surface area contributed by atoms with Crippen molar-refractivity contribution in [2.75, 3.05) is 13.2 Å². The molecule has 0 aliphatic heterocycles. The van der Waals surface area contributed by atoms with Gasteiger partial charge in [-0.25, -0.2) is 0 Å². The van der Waals surface area contributed by atoms with Gasteiger partial charge in [0.05, 0.1) is 18.8 Å². The van der Waals surface area contributed by atoms with Gasteiger partial charge in [0.25, 0.3) is 0 Å². The van der Waals surface area contributed by atoms with E-state index in [1.165, 1.54) is 38.5 Å². The molecule has 0 radical (unpaired) electrons. The molecule has 0 bridgehead atoms. The summed E-state index contributed by atoms with van der Waals surface area (Å²) in [5.74, 6) is 0. The number of hydrogen-bond donors (Lipinski definition) is 0. The van der Waals surface area contributed by atoms with Crippen molar-refractivity contribution in [3.63, 3.8) is 0 Å². The van der Waals surface area contributed by atoms with Crippen LogP contribution in [0.4, 0.5) is 0 Å². The van der Waals surface area contributed by atoms with Crippen molar-refractivity contribution in [3.05, 3.63) is 0 Å². The number of unbranched alkanes of at least 4 members (excludes halogenated alkanes) is 1. The van der Waals surface area contributed by atoms with Crippen molar-refractivity contribution >= 4 is 0 Å². The van der Waals surface area contributed by atoms with Crippen LogP contribution in [0.5, 0.6) is 0 Å². The summed E-state index contributed by atoms with van der Waals surface area (Å²) in [7, 11) is 0. The Balaban J connectivity index is 1.98. The maximum atomic E-state index is 5.95. The average molecular weight is 214 g/mol. The lowest BCUT2D eigenvalue weighted by atomic mass is 9.98. The highest BCUT2D eigenvalue weighted by Crippen LogP contribution is 2.21. The normalized spacial score (nSPS) is 20.4. The van der Waals surface area contributed by atoms with Crippen LogP contribution in [0.15, 0.2) is 0 Å². The molecule has 1 fully saturated rings. The highest BCUT2D eigenvalue weighted by Gasteiger charge is 2.16. The summed E-state index contributed by atoms with van der Waals surface area (Å²) in [6.45, 7) is 5.96. The highest BCUT2D eigenvalue weighted by molar-refractivity contribution is 4.66. The first-order valence-corrected chi connectivity index (χ1v) is 6.56. The van der Waals surface area contributed by atoms with E-state index < -0.39 is 0 Å². The van der Waals surface area contributed by atoms with E-state index in [2.05, 4.69) is 13.8 Å². The average Bonchev–Trinajstić information content (AvgIpc) is 2.26. The Morgan fingerprint density at radius 1 is 1.20 bits per heavy atom. The van der Waals surface area contributed by atoms with Crippen molar-refractivity contribution in [1.29, 1.82) is 0 Å². The first-order valence-electron chi connectivity index (χ1n) is 6.56. The maximum Gasteiger partial charge on any atom is 0.0784 e. The van der Waals surface area contributed by atoms with E-state index in [0.29, 0.717) is 6.10 Å². The topological polar surface area (TPSA) is 18.5 Å². The molecule has 15 heavy (non-hydrogen) atoms. The van der Waals surface area contributed by atoms with Gasteiger partial charge in [-0.3, -0.25) is 0 Å². The molecule has 2 nitrogen and oxygen atoms in total. The largest absolute Gasteiger partial charge is 0.379 e. The van der Waals surface area contributed by atoms with Gasteiger partial charge < -0.3 is 9.47 Å². The lowest BCUT2D eigenvalue weighted by Gasteiger charge is -2.25. The Morgan fingerprint density at radius 2 is 1.93 bits per heavy atom. The molecule has 0 saturated heterocycles. The van der Waals surface area contributed by atoms with Crippen LogP contribution in [0, 0.1) is 0 Å². The van der Waals surface area contributed by atoms with Gasteiger partial charge in [0.2, 0.25) is 0 Å². The zero-order valence-corrected chi connectivity index (χ0v) is 10.3. The molecule has 2 heteroatoms. The zero-order chi connectivity index (χ0) is 10.9. The molecule has 1 rings (SSSR count). The molecular weight excluding hydrogens is 188 g/mol. The van der Waals surface area contributed by atoms with Crippen molar-refractivity contribution in [1.82, 2.24) is 0 Å². The molecule has 0 spiro atoms. The van der Waals surface area contributed by atoms with E-state index in [9.17, 15) is 0 Å². The Morgan fingerprint density at radius 3 is 2.60 bits per heavy atom. The van der Waals surface area contributed by atoms with Crippen LogP contribution in [-0.4, -0.2) is 25.4 Å². The Hall–Kier alpha value is -0.0800. The fraction of sp³-hybridized carbons (Fsp3) is 1.00. The van der Waals surface area contributed by atoms with Gasteiger partial charge in [-0.1, -0.05) is 32.6 Å². The standard InChI is InChI=1S/C13H26O2/c1-3-4-10-14-11-12(2)15-13-8-6-5-7-9-13/h12-13H,3-11H2,1-2H3. The fourth-order valence-corrected chi connectivity index (χ4v) is 2.06. The highest BCUT2D eigenvalue weighted by atomic mass is 16.5. The number of rotatable bonds is 7. The minimum atomic E-state index is 0.268. The predicted molar refractivity (Wildman–Crippen MR) is 63.1 cm³/mol. The Kier molecular flexibility index (Phi) is 7.03. The van der Waals surface area contributed by atoms with Crippen LogP contribution in [0.3, 0.4) is 0 Å². The van der Waals surface area contributed by atoms with E-state index in [1.54, 1.807) is 0 Å². The Labute approximate surface area is 94.3 Å². The van der Waals surface area contributed by atoms with Crippen LogP contribution >= 0.6 is 0 Å². The zero-order valence-electron chi connectivity index (χ0n) is 10.3. The summed E-state index contributed by atoms with van der Waals surface area (Å²) < 4.78 is 11.5. The minimum Gasteiger partial charge on any atom is -0.379 e. The second kappa shape index (κ2) is 8.12. The van der Waals surface area contributed by atoms with Gasteiger partial charge in [0.1, 0.15) is 0 Å². The Bertz CT molecular complexity index is 141. The molecule has 0 aromatic rings. The quantitative estimate of drug-likeness (QED) is 0.603. The molecule has 90 valence electrons. The summed E-state index contributed by atoms with van der Waals surface area (Å²) in [5.41, 5.74) is 0. The van der Waals surface area contributed by atoms with Crippen LogP contribution in [-0.2, 0) is 9.47 Å². The molecule has 0 N–H and O–H groups in total. The molecule has 1 atom stereocenters. The summed E-state index contributed by atoms with van der Waals surface area (Å²) in [4.78, 5) is 0. The SMILES string of the molecule is CCCCOCC(C)OC1CCCCC1. The van der Waals surface area contributed by atoms with Crippen molar-refractivity contribution in [2.24, 2.45) is 0 Å². The summed E-state index contributed by atoms with van der Waals surface area (Å²) in [6, 6.07) is 0. The third-order valence-corrected chi connectivity index (χ3v) is 2.97. The molecule has 1 saturated carbocycles. The first-order chi connectivity index (χ1) is 7.33. The molecule has 0 aromatic carbocycles. The van der Waals surface area contributed by atoms with Gasteiger partial charge in [-0.2, -0.15) is 0 Å². The van der Waals surface area contributed by atoms with Gasteiger partial charge in [-0.15, -0.1) is 0 Å². The van der Waals surface area contributed by atoms with Crippen LogP contribution in [0.1, 0.15) is 58.8 Å². The predicted octanol–water partition coefficient (Wildman–Crippen LogP) is 3.54. The third-order valence-electron chi connectivity index (χ3n) is 2.97. The van der Waals surface area contributed by atoms with Gasteiger partial charge >= 0.3 is 0 Å². The van der Waals surface area contributed by atoms with E-state index in [0.717, 1.165) is 19.6 Å². The van der Waals surface area contributed by atoms with E-state index in [4.69, 9.17) is 9.47 Å². The third kappa shape index (κ3) is 6.16. The fourth-order valence-electron chi connectivity index (χ4n) is 2.06. The van der Waals surface area contributed by atoms with Gasteiger partial charge in [0, 0.05) is 6.61 Å². The van der Waals surface area contributed by atoms with E-state index in [-0.39, 0.29) is 6.10 Å². The molecule has 0 heterocycles. The van der Waals surface area contributed by atoms with E-state index in [1.807, 2.05) is 0 Å². The molecular formula is C13H26O2. The van der Waals surface area contributed by atoms with Crippen molar-refractivity contribution < 1.29 is 9.47 Å². The molecule has 1 aliphatic rings. The number of ether oxygens (including phenoxy) is 2. The molecule has 0 amide bonds. The lowest BCUT2D eigenvalue weighted by molar-refractivity contribution is -0.0601. The molecule has 0 aromatic heterocycles. The van der Waals surface area contributed by atoms with Crippen LogP contribution in [0.2, 0.25) is 0 Å². The minimum absolute atomic E-state index is 0.268. The van der Waals surface area contributed by atoms with Crippen molar-refractivity contribution in [3.8, 4) is 0 Å². The summed E-state index contributed by atoms with van der Waals surface area (Å²) in [5, 5.41) is 0. The second-order valence-electron chi connectivity index (χ2n) is 4.64. The van der Waals surface area contributed by atoms with E-state index >= 15 is 0 Å². The van der Waals surface area contributed by atoms with Crippen LogP contribution in [0.25, 0.3) is 0 Å². The van der Waals surface area contributed by atoms with Gasteiger partial charge in [0.15, 0.2) is 0 Å². The smallest absolute Gasteiger partial charge is 0.0784 e. The molecule has 1 aliphatic carbocycles. The monoisotopic (exact) mass is 214 g/mol. The second-order valence-corrected chi connectivity index (χ2v) is 4.64. The first kappa shape index (κ1) is 13.0. The summed E-state index contributed by atoms with van der Waals surface area (Å²) >= 11 is 0. The van der Waals surface area contributed by atoms with Gasteiger partial charge in [-0.05, 0) is 26.2 Å².